The summed E-state index contributed by atoms with van der Waals surface area (Å²) in [6.45, 7) is 27.7. The van der Waals surface area contributed by atoms with Crippen LogP contribution in [0.1, 0.15) is 190 Å². The van der Waals surface area contributed by atoms with Crippen LogP contribution in [0.4, 0.5) is 0 Å². The van der Waals surface area contributed by atoms with Gasteiger partial charge in [0.1, 0.15) is 10.9 Å². The maximum atomic E-state index is 13.4. The van der Waals surface area contributed by atoms with E-state index in [4.69, 9.17) is 23.1 Å². The minimum Gasteiger partial charge on any atom is -0.462 e. The number of ether oxygens (including phenoxy) is 3. The first-order chi connectivity index (χ1) is 29.6. The van der Waals surface area contributed by atoms with Gasteiger partial charge in [0.2, 0.25) is 0 Å². The molecular formula is C53H92O7SSi2. The van der Waals surface area contributed by atoms with Crippen molar-refractivity contribution in [1.82, 2.24) is 0 Å². The van der Waals surface area contributed by atoms with E-state index in [9.17, 15) is 9.59 Å². The number of cyclic esters (lactones) is 1. The summed E-state index contributed by atoms with van der Waals surface area (Å²) in [7, 11) is -4.11. The van der Waals surface area contributed by atoms with Crippen LogP contribution in [-0.2, 0) is 32.7 Å². The monoisotopic (exact) mass is 929 g/mol. The average molecular weight is 930 g/mol. The Morgan fingerprint density at radius 3 is 1.86 bits per heavy atom. The van der Waals surface area contributed by atoms with Crippen molar-refractivity contribution in [2.24, 2.45) is 0 Å². The molecule has 0 saturated carbocycles. The summed E-state index contributed by atoms with van der Waals surface area (Å²) in [6.07, 6.45) is 25.9. The molecule has 7 nitrogen and oxygen atoms in total. The van der Waals surface area contributed by atoms with E-state index in [1.54, 1.807) is 17.8 Å². The smallest absolute Gasteiger partial charge is 0.323 e. The second-order valence-corrected chi connectivity index (χ2v) is 33.6. The van der Waals surface area contributed by atoms with E-state index in [0.717, 1.165) is 56.3 Å². The number of rotatable bonds is 27. The first-order valence-electron chi connectivity index (χ1n) is 25.5. The van der Waals surface area contributed by atoms with Crippen molar-refractivity contribution in [2.75, 3.05) is 0 Å². The molecule has 3 saturated heterocycles. The van der Waals surface area contributed by atoms with Crippen LogP contribution in [0, 0.1) is 0 Å². The molecule has 1 aromatic rings. The number of thioether (sulfide) groups is 1. The fourth-order valence-corrected chi connectivity index (χ4v) is 13.3. The number of carbonyl (C=O) groups is 2. The average Bonchev–Trinajstić information content (AvgIpc) is 3.79. The molecule has 63 heavy (non-hydrogen) atoms. The molecule has 3 heterocycles. The van der Waals surface area contributed by atoms with Gasteiger partial charge in [0, 0.05) is 17.7 Å². The van der Waals surface area contributed by atoms with E-state index in [1.165, 1.54) is 64.2 Å². The van der Waals surface area contributed by atoms with Crippen molar-refractivity contribution >= 4 is 40.1 Å². The zero-order valence-electron chi connectivity index (χ0n) is 42.2. The van der Waals surface area contributed by atoms with Gasteiger partial charge in [0.05, 0.1) is 36.6 Å². The van der Waals surface area contributed by atoms with Crippen LogP contribution < -0.4 is 0 Å². The summed E-state index contributed by atoms with van der Waals surface area (Å²) >= 11 is 1.61. The third-order valence-electron chi connectivity index (χ3n) is 15.0. The maximum absolute atomic E-state index is 13.4. The number of ketones is 1. The van der Waals surface area contributed by atoms with Gasteiger partial charge in [-0.2, -0.15) is 0 Å². The highest BCUT2D eigenvalue weighted by Crippen LogP contribution is 2.47. The SMILES string of the molecule is CCCCCCCCCCCC[C@@H](O[Si](C)(C)C(C)(C)C)[C@H]1CC[C@@H]([C@H](CC/C=C/C(=O)C[C@H]2CCC[C@@H](CC3(Sc4ccccc4)C[C@H](C)OC3=O)O2)O[Si](C)(C)C(C)(C)C)O1. The Labute approximate surface area is 392 Å². The minimum atomic E-state index is -2.10. The Balaban J connectivity index is 1.34. The number of esters is 1. The zero-order chi connectivity index (χ0) is 46.3. The lowest BCUT2D eigenvalue weighted by molar-refractivity contribution is -0.144. The van der Waals surface area contributed by atoms with Crippen LogP contribution in [0.3, 0.4) is 0 Å². The van der Waals surface area contributed by atoms with E-state index < -0.39 is 21.4 Å². The first kappa shape index (κ1) is 54.3. The predicted octanol–water partition coefficient (Wildman–Crippen LogP) is 15.1. The number of benzene rings is 1. The molecular weight excluding hydrogens is 837 g/mol. The fourth-order valence-electron chi connectivity index (χ4n) is 9.12. The molecule has 8 atom stereocenters. The molecule has 0 aliphatic carbocycles. The van der Waals surface area contributed by atoms with E-state index in [0.29, 0.717) is 19.3 Å². The van der Waals surface area contributed by atoms with Gasteiger partial charge in [-0.25, -0.2) is 0 Å². The molecule has 10 heteroatoms. The highest BCUT2D eigenvalue weighted by molar-refractivity contribution is 8.01. The van der Waals surface area contributed by atoms with Crippen LogP contribution in [-0.4, -0.2) is 75.9 Å². The van der Waals surface area contributed by atoms with Gasteiger partial charge in [-0.05, 0) is 119 Å². The molecule has 0 spiro atoms. The van der Waals surface area contributed by atoms with Crippen LogP contribution >= 0.6 is 11.8 Å². The first-order valence-corrected chi connectivity index (χ1v) is 32.1. The predicted molar refractivity (Wildman–Crippen MR) is 269 cm³/mol. The topological polar surface area (TPSA) is 80.3 Å². The number of unbranched alkanes of at least 4 members (excludes halogenated alkanes) is 9. The number of hydrogen-bond acceptors (Lipinski definition) is 8. The van der Waals surface area contributed by atoms with E-state index in [2.05, 4.69) is 86.8 Å². The quantitative estimate of drug-likeness (QED) is 0.0374. The lowest BCUT2D eigenvalue weighted by Crippen LogP contribution is -2.48. The highest BCUT2D eigenvalue weighted by atomic mass is 32.2. The van der Waals surface area contributed by atoms with Crippen LogP contribution in [0.2, 0.25) is 36.3 Å². The summed E-state index contributed by atoms with van der Waals surface area (Å²) in [5, 5.41) is 0.213. The van der Waals surface area contributed by atoms with Gasteiger partial charge in [0.25, 0.3) is 0 Å². The molecule has 0 aromatic heterocycles. The summed E-state index contributed by atoms with van der Waals surface area (Å²) in [5.74, 6) is -0.0499. The van der Waals surface area contributed by atoms with Gasteiger partial charge in [0.15, 0.2) is 22.4 Å². The van der Waals surface area contributed by atoms with Crippen molar-refractivity contribution in [3.63, 3.8) is 0 Å². The van der Waals surface area contributed by atoms with Crippen LogP contribution in [0.5, 0.6) is 0 Å². The number of hydrogen-bond donors (Lipinski definition) is 0. The summed E-state index contributed by atoms with van der Waals surface area (Å²) in [5.41, 5.74) is 0. The van der Waals surface area contributed by atoms with E-state index >= 15 is 0 Å². The molecule has 360 valence electrons. The van der Waals surface area contributed by atoms with Gasteiger partial charge in [-0.3, -0.25) is 9.59 Å². The molecule has 0 radical (unpaired) electrons. The standard InChI is InChI=1S/C53H92O7SSi2/c1-13-14-15-16-17-18-19-20-21-25-34-48(59-62(9,10)51(3,4)5)46-36-37-47(58-46)49(60-63(11,12)52(6,7)8)35-27-26-29-42(54)38-43-30-28-31-44(57-43)40-53(39-41(2)56-50(53)55)61-45-32-23-22-24-33-45/h22-24,26,29,32-33,41,43-44,46-49H,13-21,25,27-28,30-31,34-40H2,1-12H3/b29-26+/t41-,43+,44-,46+,47-,48+,49-,53?/m0/s1. The van der Waals surface area contributed by atoms with Gasteiger partial charge in [-0.15, -0.1) is 11.8 Å². The maximum Gasteiger partial charge on any atom is 0.323 e. The van der Waals surface area contributed by atoms with Crippen molar-refractivity contribution in [2.45, 2.75) is 279 Å². The van der Waals surface area contributed by atoms with Crippen molar-refractivity contribution < 1.29 is 32.7 Å². The summed E-state index contributed by atoms with van der Waals surface area (Å²) < 4.78 is 33.1. The summed E-state index contributed by atoms with van der Waals surface area (Å²) in [6, 6.07) is 10.1. The summed E-state index contributed by atoms with van der Waals surface area (Å²) in [4.78, 5) is 27.8. The molecule has 0 bridgehead atoms. The van der Waals surface area contributed by atoms with E-state index in [-0.39, 0.29) is 64.6 Å². The second kappa shape index (κ2) is 25.2. The number of carbonyl (C=O) groups excluding carboxylic acids is 2. The molecule has 0 N–H and O–H groups in total. The lowest BCUT2D eigenvalue weighted by Gasteiger charge is -2.42. The van der Waals surface area contributed by atoms with Crippen molar-refractivity contribution in [3.8, 4) is 0 Å². The molecule has 3 aliphatic heterocycles. The minimum absolute atomic E-state index is 0.0162. The van der Waals surface area contributed by atoms with E-state index in [1.807, 2.05) is 31.2 Å². The molecule has 4 rings (SSSR count). The molecule has 3 aliphatic rings. The lowest BCUT2D eigenvalue weighted by atomic mass is 9.91. The Kier molecular flexibility index (Phi) is 21.7. The number of allylic oxidation sites excluding steroid dienone is 2. The zero-order valence-corrected chi connectivity index (χ0v) is 45.0. The largest absolute Gasteiger partial charge is 0.462 e. The molecule has 1 aromatic carbocycles. The van der Waals surface area contributed by atoms with Crippen LogP contribution in [0.25, 0.3) is 0 Å². The van der Waals surface area contributed by atoms with Crippen molar-refractivity contribution in [3.05, 3.63) is 42.5 Å². The van der Waals surface area contributed by atoms with Crippen molar-refractivity contribution in [1.29, 1.82) is 0 Å². The van der Waals surface area contributed by atoms with Gasteiger partial charge in [-0.1, -0.05) is 137 Å². The molecule has 0 amide bonds. The van der Waals surface area contributed by atoms with Gasteiger partial charge < -0.3 is 23.1 Å². The Bertz CT molecular complexity index is 1540. The second-order valence-electron chi connectivity index (χ2n) is 22.6. The fraction of sp³-hybridized carbons (Fsp3) is 0.811. The molecule has 3 fully saturated rings. The Morgan fingerprint density at radius 1 is 0.778 bits per heavy atom. The third kappa shape index (κ3) is 17.4. The van der Waals surface area contributed by atoms with Crippen LogP contribution in [0.15, 0.2) is 47.4 Å². The van der Waals surface area contributed by atoms with Gasteiger partial charge >= 0.3 is 5.97 Å². The molecule has 1 unspecified atom stereocenters. The Hall–Kier alpha value is -1.28. The normalized spacial score (nSPS) is 26.0. The third-order valence-corrected chi connectivity index (χ3v) is 25.4. The highest BCUT2D eigenvalue weighted by Gasteiger charge is 2.51. The Morgan fingerprint density at radius 2 is 1.32 bits per heavy atom.